The average molecular weight is 389 g/mol. The summed E-state index contributed by atoms with van der Waals surface area (Å²) in [4.78, 5) is 4.21. The van der Waals surface area contributed by atoms with Crippen LogP contribution >= 0.6 is 24.0 Å². The fraction of sp³-hybridized carbons (Fsp3) is 0.400. The van der Waals surface area contributed by atoms with Crippen LogP contribution in [0.25, 0.3) is 6.08 Å². The summed E-state index contributed by atoms with van der Waals surface area (Å²) in [5.41, 5.74) is 6.90. The molecule has 0 aliphatic heterocycles. The number of nitrogens with zero attached hydrogens (tertiary/aromatic N) is 1. The van der Waals surface area contributed by atoms with Gasteiger partial charge in [0.25, 0.3) is 0 Å². The number of guanidine groups is 1. The van der Waals surface area contributed by atoms with Gasteiger partial charge in [-0.15, -0.1) is 24.0 Å². The average Bonchev–Trinajstić information content (AvgIpc) is 2.44. The Morgan fingerprint density at radius 1 is 1.35 bits per heavy atom. The van der Waals surface area contributed by atoms with Crippen LogP contribution in [-0.2, 0) is 4.74 Å². The first-order chi connectivity index (χ1) is 9.33. The van der Waals surface area contributed by atoms with Crippen molar-refractivity contribution >= 4 is 36.0 Å². The second-order valence-corrected chi connectivity index (χ2v) is 4.02. The predicted molar refractivity (Wildman–Crippen MR) is 96.5 cm³/mol. The number of benzene rings is 1. The molecule has 3 N–H and O–H groups in total. The van der Waals surface area contributed by atoms with Gasteiger partial charge in [-0.25, -0.2) is 4.99 Å². The number of rotatable bonds is 8. The van der Waals surface area contributed by atoms with Crippen molar-refractivity contribution in [2.24, 2.45) is 10.7 Å². The number of nitrogens with two attached hydrogens (primary N) is 1. The zero-order chi connectivity index (χ0) is 13.8. The normalized spacial score (nSPS) is 11.3. The first-order valence-corrected chi connectivity index (χ1v) is 6.66. The third kappa shape index (κ3) is 9.80. The van der Waals surface area contributed by atoms with Crippen molar-refractivity contribution in [1.82, 2.24) is 5.32 Å². The monoisotopic (exact) mass is 389 g/mol. The molecular formula is C15H24IN3O. The number of nitrogens with one attached hydrogen (secondary N) is 1. The molecule has 1 aromatic carbocycles. The highest BCUT2D eigenvalue weighted by Crippen LogP contribution is 2.00. The molecule has 0 unspecified atom stereocenters. The van der Waals surface area contributed by atoms with E-state index in [1.807, 2.05) is 37.3 Å². The molecule has 4 nitrogen and oxygen atoms in total. The highest BCUT2D eigenvalue weighted by atomic mass is 127. The van der Waals surface area contributed by atoms with Crippen LogP contribution in [0.2, 0.25) is 0 Å². The van der Waals surface area contributed by atoms with Gasteiger partial charge in [-0.3, -0.25) is 0 Å². The molecule has 0 bridgehead atoms. The molecule has 0 radical (unpaired) electrons. The van der Waals surface area contributed by atoms with E-state index in [0.717, 1.165) is 26.2 Å². The molecule has 1 aromatic rings. The summed E-state index contributed by atoms with van der Waals surface area (Å²) in [5, 5.41) is 3.05. The van der Waals surface area contributed by atoms with Crippen molar-refractivity contribution in [3.8, 4) is 0 Å². The van der Waals surface area contributed by atoms with E-state index in [2.05, 4.69) is 22.4 Å². The van der Waals surface area contributed by atoms with Gasteiger partial charge in [0.2, 0.25) is 0 Å². The summed E-state index contributed by atoms with van der Waals surface area (Å²) < 4.78 is 5.23. The van der Waals surface area contributed by atoms with E-state index in [0.29, 0.717) is 12.5 Å². The van der Waals surface area contributed by atoms with E-state index in [9.17, 15) is 0 Å². The second-order valence-electron chi connectivity index (χ2n) is 4.02. The summed E-state index contributed by atoms with van der Waals surface area (Å²) in [6.45, 7) is 4.87. The minimum absolute atomic E-state index is 0. The van der Waals surface area contributed by atoms with Crippen LogP contribution in [0.1, 0.15) is 18.9 Å². The largest absolute Gasteiger partial charge is 0.382 e. The Kier molecular flexibility index (Phi) is 12.2. The minimum Gasteiger partial charge on any atom is -0.382 e. The molecule has 5 heteroatoms. The molecule has 0 saturated heterocycles. The van der Waals surface area contributed by atoms with Gasteiger partial charge < -0.3 is 15.8 Å². The molecule has 20 heavy (non-hydrogen) atoms. The first kappa shape index (κ1) is 18.9. The number of halogens is 1. The molecule has 0 aliphatic carbocycles. The number of aliphatic imine (C=N–C) groups is 1. The van der Waals surface area contributed by atoms with E-state index in [1.54, 1.807) is 0 Å². The highest BCUT2D eigenvalue weighted by molar-refractivity contribution is 14.0. The Bertz CT molecular complexity index is 393. The number of ether oxygens (including phenoxy) is 1. The molecule has 0 saturated carbocycles. The number of hydrogen-bond donors (Lipinski definition) is 2. The maximum absolute atomic E-state index is 5.73. The van der Waals surface area contributed by atoms with E-state index >= 15 is 0 Å². The molecule has 0 spiro atoms. The maximum atomic E-state index is 5.73. The van der Waals surface area contributed by atoms with E-state index in [1.165, 1.54) is 5.56 Å². The molecule has 0 atom stereocenters. The Morgan fingerprint density at radius 3 is 2.80 bits per heavy atom. The van der Waals surface area contributed by atoms with Gasteiger partial charge in [0, 0.05) is 19.8 Å². The van der Waals surface area contributed by atoms with Crippen LogP contribution in [0.5, 0.6) is 0 Å². The molecule has 0 fully saturated rings. The lowest BCUT2D eigenvalue weighted by Gasteiger charge is -2.04. The Hall–Kier alpha value is -1.08. The Balaban J connectivity index is 0.00000361. The molecule has 0 aliphatic rings. The topological polar surface area (TPSA) is 59.6 Å². The minimum atomic E-state index is 0. The van der Waals surface area contributed by atoms with Crippen molar-refractivity contribution in [2.45, 2.75) is 13.3 Å². The molecular weight excluding hydrogens is 365 g/mol. The quantitative estimate of drug-likeness (QED) is 0.311. The van der Waals surface area contributed by atoms with Crippen LogP contribution in [0.3, 0.4) is 0 Å². The van der Waals surface area contributed by atoms with Gasteiger partial charge in [-0.05, 0) is 18.9 Å². The van der Waals surface area contributed by atoms with Crippen LogP contribution in [-0.4, -0.2) is 32.3 Å². The van der Waals surface area contributed by atoms with Gasteiger partial charge in [-0.1, -0.05) is 42.5 Å². The predicted octanol–water partition coefficient (Wildman–Crippen LogP) is 2.65. The smallest absolute Gasteiger partial charge is 0.188 e. The zero-order valence-corrected chi connectivity index (χ0v) is 14.2. The Labute approximate surface area is 138 Å². The van der Waals surface area contributed by atoms with Crippen molar-refractivity contribution in [2.75, 3.05) is 26.3 Å². The van der Waals surface area contributed by atoms with E-state index in [4.69, 9.17) is 10.5 Å². The SMILES string of the molecule is CCOCCCNC(N)=NCC=Cc1ccccc1.I. The number of hydrogen-bond acceptors (Lipinski definition) is 2. The highest BCUT2D eigenvalue weighted by Gasteiger charge is 1.90. The molecule has 112 valence electrons. The van der Waals surface area contributed by atoms with Crippen LogP contribution < -0.4 is 11.1 Å². The van der Waals surface area contributed by atoms with Gasteiger partial charge in [0.05, 0.1) is 6.54 Å². The fourth-order valence-corrected chi connectivity index (χ4v) is 1.49. The molecule has 0 aromatic heterocycles. The van der Waals surface area contributed by atoms with Gasteiger partial charge in [-0.2, -0.15) is 0 Å². The summed E-state index contributed by atoms with van der Waals surface area (Å²) >= 11 is 0. The fourth-order valence-electron chi connectivity index (χ4n) is 1.49. The van der Waals surface area contributed by atoms with E-state index in [-0.39, 0.29) is 24.0 Å². The van der Waals surface area contributed by atoms with Crippen molar-refractivity contribution in [3.05, 3.63) is 42.0 Å². The zero-order valence-electron chi connectivity index (χ0n) is 11.9. The molecule has 0 amide bonds. The first-order valence-electron chi connectivity index (χ1n) is 6.66. The lowest BCUT2D eigenvalue weighted by molar-refractivity contribution is 0.145. The van der Waals surface area contributed by atoms with Gasteiger partial charge in [0.15, 0.2) is 5.96 Å². The van der Waals surface area contributed by atoms with Crippen molar-refractivity contribution in [1.29, 1.82) is 0 Å². The third-order valence-corrected chi connectivity index (χ3v) is 2.45. The van der Waals surface area contributed by atoms with Crippen molar-refractivity contribution < 1.29 is 4.74 Å². The van der Waals surface area contributed by atoms with Crippen LogP contribution in [0.15, 0.2) is 41.4 Å². The lowest BCUT2D eigenvalue weighted by Crippen LogP contribution is -2.32. The second kappa shape index (κ2) is 12.9. The summed E-state index contributed by atoms with van der Waals surface area (Å²) in [6.07, 6.45) is 4.96. The van der Waals surface area contributed by atoms with Crippen LogP contribution in [0.4, 0.5) is 0 Å². The van der Waals surface area contributed by atoms with E-state index < -0.39 is 0 Å². The lowest BCUT2D eigenvalue weighted by atomic mass is 10.2. The summed E-state index contributed by atoms with van der Waals surface area (Å²) in [6, 6.07) is 10.1. The Morgan fingerprint density at radius 2 is 2.10 bits per heavy atom. The van der Waals surface area contributed by atoms with Crippen LogP contribution in [0, 0.1) is 0 Å². The molecule has 0 heterocycles. The standard InChI is InChI=1S/C15H23N3O.HI/c1-2-19-13-7-12-18-15(16)17-11-6-10-14-8-4-3-5-9-14;/h3-6,8-10H,2,7,11-13H2,1H3,(H3,16,17,18);1H. The maximum Gasteiger partial charge on any atom is 0.188 e. The van der Waals surface area contributed by atoms with Gasteiger partial charge in [0.1, 0.15) is 0 Å². The van der Waals surface area contributed by atoms with Crippen molar-refractivity contribution in [3.63, 3.8) is 0 Å². The summed E-state index contributed by atoms with van der Waals surface area (Å²) in [7, 11) is 0. The molecule has 1 rings (SSSR count). The third-order valence-electron chi connectivity index (χ3n) is 2.45. The summed E-state index contributed by atoms with van der Waals surface area (Å²) in [5.74, 6) is 0.481. The van der Waals surface area contributed by atoms with Gasteiger partial charge >= 0.3 is 0 Å².